The van der Waals surface area contributed by atoms with Crippen LogP contribution in [0.25, 0.3) is 5.65 Å². The quantitative estimate of drug-likeness (QED) is 0.843. The summed E-state index contributed by atoms with van der Waals surface area (Å²) in [6.45, 7) is 2.36. The summed E-state index contributed by atoms with van der Waals surface area (Å²) in [5.74, 6) is -0.831. The SMILES string of the molecule is O=C(NC[C@H]1CCCO1)C1CCN(c2ccc3nnc(C(F)(F)F)n3n2)CC1. The van der Waals surface area contributed by atoms with Gasteiger partial charge in [-0.25, -0.2) is 0 Å². The molecule has 0 bridgehead atoms. The van der Waals surface area contributed by atoms with Crippen molar-refractivity contribution in [3.8, 4) is 0 Å². The molecule has 1 N–H and O–H groups in total. The van der Waals surface area contributed by atoms with E-state index >= 15 is 0 Å². The van der Waals surface area contributed by atoms with Crippen molar-refractivity contribution in [3.05, 3.63) is 18.0 Å². The summed E-state index contributed by atoms with van der Waals surface area (Å²) >= 11 is 0. The van der Waals surface area contributed by atoms with Crippen molar-refractivity contribution in [1.82, 2.24) is 25.1 Å². The molecule has 0 saturated carbocycles. The minimum Gasteiger partial charge on any atom is -0.376 e. The summed E-state index contributed by atoms with van der Waals surface area (Å²) in [5.41, 5.74) is 0.0412. The third-order valence-corrected chi connectivity index (χ3v) is 5.22. The van der Waals surface area contributed by atoms with Crippen LogP contribution in [0, 0.1) is 5.92 Å². The zero-order valence-corrected chi connectivity index (χ0v) is 15.2. The largest absolute Gasteiger partial charge is 0.453 e. The number of amides is 1. The Balaban J connectivity index is 1.37. The van der Waals surface area contributed by atoms with Crippen molar-refractivity contribution in [3.63, 3.8) is 0 Å². The van der Waals surface area contributed by atoms with E-state index < -0.39 is 12.0 Å². The van der Waals surface area contributed by atoms with Gasteiger partial charge in [-0.15, -0.1) is 15.3 Å². The van der Waals surface area contributed by atoms with Gasteiger partial charge in [0, 0.05) is 32.2 Å². The first-order valence-corrected chi connectivity index (χ1v) is 9.36. The molecule has 1 amide bonds. The molecule has 0 aromatic carbocycles. The zero-order chi connectivity index (χ0) is 19.7. The minimum atomic E-state index is -4.63. The van der Waals surface area contributed by atoms with Crippen LogP contribution in [0.4, 0.5) is 19.0 Å². The second-order valence-electron chi connectivity index (χ2n) is 7.12. The van der Waals surface area contributed by atoms with E-state index in [9.17, 15) is 18.0 Å². The van der Waals surface area contributed by atoms with Crippen LogP contribution in [0.1, 0.15) is 31.5 Å². The fourth-order valence-corrected chi connectivity index (χ4v) is 3.66. The molecule has 0 spiro atoms. The van der Waals surface area contributed by atoms with Gasteiger partial charge in [0.05, 0.1) is 6.10 Å². The Morgan fingerprint density at radius 1 is 1.21 bits per heavy atom. The Labute approximate surface area is 159 Å². The van der Waals surface area contributed by atoms with Crippen LogP contribution in [0.15, 0.2) is 12.1 Å². The summed E-state index contributed by atoms with van der Waals surface area (Å²) in [4.78, 5) is 14.2. The summed E-state index contributed by atoms with van der Waals surface area (Å²) < 4.78 is 45.3. The van der Waals surface area contributed by atoms with Gasteiger partial charge in [0.25, 0.3) is 5.82 Å². The van der Waals surface area contributed by atoms with Gasteiger partial charge in [-0.05, 0) is 37.8 Å². The van der Waals surface area contributed by atoms with Crippen LogP contribution in [0.3, 0.4) is 0 Å². The minimum absolute atomic E-state index is 0.0109. The van der Waals surface area contributed by atoms with Gasteiger partial charge in [-0.2, -0.15) is 17.7 Å². The topological polar surface area (TPSA) is 84.6 Å². The molecular formula is C17H21F3N6O2. The van der Waals surface area contributed by atoms with Crippen LogP contribution in [0.5, 0.6) is 0 Å². The van der Waals surface area contributed by atoms with Gasteiger partial charge >= 0.3 is 6.18 Å². The average Bonchev–Trinajstić information content (AvgIpc) is 3.35. The number of hydrogen-bond donors (Lipinski definition) is 1. The highest BCUT2D eigenvalue weighted by molar-refractivity contribution is 5.79. The zero-order valence-electron chi connectivity index (χ0n) is 15.2. The Kier molecular flexibility index (Phi) is 5.09. The molecule has 1 atom stereocenters. The molecule has 2 aliphatic heterocycles. The molecule has 4 rings (SSSR count). The number of anilines is 1. The maximum absolute atomic E-state index is 13.0. The maximum Gasteiger partial charge on any atom is 0.453 e. The third kappa shape index (κ3) is 3.89. The number of nitrogens with zero attached hydrogens (tertiary/aromatic N) is 5. The van der Waals surface area contributed by atoms with E-state index in [1.54, 1.807) is 6.07 Å². The number of carbonyl (C=O) groups excluding carboxylic acids is 1. The van der Waals surface area contributed by atoms with Crippen molar-refractivity contribution in [1.29, 1.82) is 0 Å². The Bertz CT molecular complexity index is 841. The summed E-state index contributed by atoms with van der Waals surface area (Å²) in [5, 5.41) is 13.7. The lowest BCUT2D eigenvalue weighted by Crippen LogP contribution is -2.42. The lowest BCUT2D eigenvalue weighted by molar-refractivity contribution is -0.146. The van der Waals surface area contributed by atoms with Crippen LogP contribution >= 0.6 is 0 Å². The lowest BCUT2D eigenvalue weighted by atomic mass is 9.96. The molecule has 2 saturated heterocycles. The predicted molar refractivity (Wildman–Crippen MR) is 92.7 cm³/mol. The summed E-state index contributed by atoms with van der Waals surface area (Å²) in [6, 6.07) is 3.09. The molecule has 0 radical (unpaired) electrons. The van der Waals surface area contributed by atoms with E-state index in [1.165, 1.54) is 6.07 Å². The molecule has 2 aromatic rings. The van der Waals surface area contributed by atoms with Gasteiger partial charge in [0.1, 0.15) is 5.82 Å². The number of alkyl halides is 3. The molecule has 152 valence electrons. The number of carbonyl (C=O) groups is 1. The normalized spacial score (nSPS) is 21.4. The number of halogens is 3. The van der Waals surface area contributed by atoms with E-state index in [1.807, 2.05) is 4.90 Å². The van der Waals surface area contributed by atoms with Crippen molar-refractivity contribution in [2.24, 2.45) is 5.92 Å². The van der Waals surface area contributed by atoms with Crippen LogP contribution in [-0.2, 0) is 15.7 Å². The van der Waals surface area contributed by atoms with E-state index in [2.05, 4.69) is 20.6 Å². The maximum atomic E-state index is 13.0. The highest BCUT2D eigenvalue weighted by Crippen LogP contribution is 2.28. The van der Waals surface area contributed by atoms with E-state index in [0.717, 1.165) is 24.0 Å². The van der Waals surface area contributed by atoms with Gasteiger partial charge < -0.3 is 15.0 Å². The molecule has 28 heavy (non-hydrogen) atoms. The van der Waals surface area contributed by atoms with E-state index in [-0.39, 0.29) is 23.6 Å². The van der Waals surface area contributed by atoms with Crippen molar-refractivity contribution >= 4 is 17.4 Å². The molecule has 0 aliphatic carbocycles. The first-order chi connectivity index (χ1) is 13.4. The molecule has 2 aliphatic rings. The summed E-state index contributed by atoms with van der Waals surface area (Å²) in [6.07, 6.45) is -1.29. The van der Waals surface area contributed by atoms with Crippen molar-refractivity contribution in [2.75, 3.05) is 31.1 Å². The van der Waals surface area contributed by atoms with Gasteiger partial charge in [-0.3, -0.25) is 4.79 Å². The molecular weight excluding hydrogens is 377 g/mol. The first-order valence-electron chi connectivity index (χ1n) is 9.36. The van der Waals surface area contributed by atoms with Gasteiger partial charge in [0.15, 0.2) is 5.65 Å². The molecule has 11 heteroatoms. The smallest absolute Gasteiger partial charge is 0.376 e. The van der Waals surface area contributed by atoms with Gasteiger partial charge in [0.2, 0.25) is 5.91 Å². The monoisotopic (exact) mass is 398 g/mol. The fraction of sp³-hybridized carbons (Fsp3) is 0.647. The summed E-state index contributed by atoms with van der Waals surface area (Å²) in [7, 11) is 0. The Hall–Kier alpha value is -2.43. The first kappa shape index (κ1) is 18.9. The molecule has 0 unspecified atom stereocenters. The highest BCUT2D eigenvalue weighted by atomic mass is 19.4. The molecule has 8 nitrogen and oxygen atoms in total. The van der Waals surface area contributed by atoms with E-state index in [4.69, 9.17) is 4.74 Å². The number of ether oxygens (including phenoxy) is 1. The van der Waals surface area contributed by atoms with Crippen molar-refractivity contribution in [2.45, 2.75) is 38.0 Å². The average molecular weight is 398 g/mol. The fourth-order valence-electron chi connectivity index (χ4n) is 3.66. The van der Waals surface area contributed by atoms with Gasteiger partial charge in [-0.1, -0.05) is 0 Å². The second-order valence-corrected chi connectivity index (χ2v) is 7.12. The Morgan fingerprint density at radius 3 is 2.68 bits per heavy atom. The number of rotatable bonds is 4. The second kappa shape index (κ2) is 7.53. The number of nitrogens with one attached hydrogen (secondary N) is 1. The molecule has 2 aromatic heterocycles. The highest BCUT2D eigenvalue weighted by Gasteiger charge is 2.38. The van der Waals surface area contributed by atoms with Crippen LogP contribution in [-0.4, -0.2) is 58.1 Å². The Morgan fingerprint density at radius 2 is 2.00 bits per heavy atom. The molecule has 2 fully saturated rings. The van der Waals surface area contributed by atoms with Crippen LogP contribution < -0.4 is 10.2 Å². The van der Waals surface area contributed by atoms with E-state index in [0.29, 0.717) is 38.3 Å². The number of piperidine rings is 1. The third-order valence-electron chi connectivity index (χ3n) is 5.22. The standard InChI is InChI=1S/C17H21F3N6O2/c18-17(19,20)16-23-22-13-3-4-14(24-26(13)16)25-7-5-11(6-8-25)15(27)21-10-12-2-1-9-28-12/h3-4,11-12H,1-2,5-10H2,(H,21,27)/t12-/m1/s1. The van der Waals surface area contributed by atoms with Crippen LogP contribution in [0.2, 0.25) is 0 Å². The lowest BCUT2D eigenvalue weighted by Gasteiger charge is -2.32. The predicted octanol–water partition coefficient (Wildman–Crippen LogP) is 1.65. The molecule has 4 heterocycles. The number of fused-ring (bicyclic) bond motifs is 1. The number of aromatic nitrogens is 4. The van der Waals surface area contributed by atoms with Crippen molar-refractivity contribution < 1.29 is 22.7 Å². The number of hydrogen-bond acceptors (Lipinski definition) is 6.